The SMILES string of the molecule is CCC(CC)CC(N)CC1CC1. The summed E-state index contributed by atoms with van der Waals surface area (Å²) < 4.78 is 0. The Morgan fingerprint density at radius 1 is 1.25 bits per heavy atom. The van der Waals surface area contributed by atoms with Gasteiger partial charge in [-0.2, -0.15) is 0 Å². The van der Waals surface area contributed by atoms with Gasteiger partial charge in [-0.1, -0.05) is 39.5 Å². The third kappa shape index (κ3) is 3.57. The molecule has 1 saturated carbocycles. The Hall–Kier alpha value is -0.0400. The number of nitrogens with two attached hydrogens (primary N) is 1. The van der Waals surface area contributed by atoms with Gasteiger partial charge >= 0.3 is 0 Å². The van der Waals surface area contributed by atoms with Crippen LogP contribution in [-0.2, 0) is 0 Å². The fraction of sp³-hybridized carbons (Fsp3) is 1.00. The zero-order valence-corrected chi connectivity index (χ0v) is 8.55. The Kier molecular flexibility index (Phi) is 4.07. The van der Waals surface area contributed by atoms with Crippen molar-refractivity contribution in [3.05, 3.63) is 0 Å². The molecule has 0 aromatic heterocycles. The lowest BCUT2D eigenvalue weighted by atomic mass is 9.93. The molecule has 72 valence electrons. The summed E-state index contributed by atoms with van der Waals surface area (Å²) in [6.45, 7) is 4.55. The van der Waals surface area contributed by atoms with Crippen molar-refractivity contribution in [2.24, 2.45) is 17.6 Å². The average molecular weight is 169 g/mol. The lowest BCUT2D eigenvalue weighted by Gasteiger charge is -2.17. The molecule has 12 heavy (non-hydrogen) atoms. The molecule has 1 nitrogen and oxygen atoms in total. The van der Waals surface area contributed by atoms with Crippen LogP contribution >= 0.6 is 0 Å². The summed E-state index contributed by atoms with van der Waals surface area (Å²) in [5, 5.41) is 0. The number of hydrogen-bond acceptors (Lipinski definition) is 1. The standard InChI is InChI=1S/C11H23N/c1-3-9(4-2)7-11(12)8-10-5-6-10/h9-11H,3-8,12H2,1-2H3. The van der Waals surface area contributed by atoms with Crippen molar-refractivity contribution in [2.75, 3.05) is 0 Å². The molecule has 2 N–H and O–H groups in total. The second-order valence-corrected chi connectivity index (χ2v) is 4.36. The molecule has 0 aromatic rings. The van der Waals surface area contributed by atoms with Crippen LogP contribution in [0.25, 0.3) is 0 Å². The van der Waals surface area contributed by atoms with Crippen molar-refractivity contribution in [2.45, 2.75) is 58.4 Å². The summed E-state index contributed by atoms with van der Waals surface area (Å²) in [7, 11) is 0. The molecule has 1 atom stereocenters. The topological polar surface area (TPSA) is 26.0 Å². The zero-order valence-electron chi connectivity index (χ0n) is 8.55. The Labute approximate surface area is 76.7 Å². The van der Waals surface area contributed by atoms with Gasteiger partial charge in [0, 0.05) is 6.04 Å². The van der Waals surface area contributed by atoms with Gasteiger partial charge in [0.25, 0.3) is 0 Å². The van der Waals surface area contributed by atoms with Gasteiger partial charge in [-0.3, -0.25) is 0 Å². The van der Waals surface area contributed by atoms with Crippen molar-refractivity contribution in [3.63, 3.8) is 0 Å². The van der Waals surface area contributed by atoms with Gasteiger partial charge in [0.05, 0.1) is 0 Å². The molecule has 1 aliphatic carbocycles. The van der Waals surface area contributed by atoms with E-state index in [-0.39, 0.29) is 0 Å². The molecule has 1 aliphatic rings. The second kappa shape index (κ2) is 4.86. The number of rotatable bonds is 6. The van der Waals surface area contributed by atoms with Crippen molar-refractivity contribution >= 4 is 0 Å². The fourth-order valence-corrected chi connectivity index (χ4v) is 1.93. The van der Waals surface area contributed by atoms with E-state index < -0.39 is 0 Å². The molecule has 0 radical (unpaired) electrons. The minimum Gasteiger partial charge on any atom is -0.328 e. The normalized spacial score (nSPS) is 20.0. The zero-order chi connectivity index (χ0) is 8.97. The predicted molar refractivity (Wildman–Crippen MR) is 54.0 cm³/mol. The first kappa shape index (κ1) is 10.0. The third-order valence-corrected chi connectivity index (χ3v) is 3.12. The minimum atomic E-state index is 0.488. The highest BCUT2D eigenvalue weighted by atomic mass is 14.6. The van der Waals surface area contributed by atoms with Crippen molar-refractivity contribution in [1.29, 1.82) is 0 Å². The van der Waals surface area contributed by atoms with E-state index in [0.29, 0.717) is 6.04 Å². The lowest BCUT2D eigenvalue weighted by molar-refractivity contribution is 0.388. The maximum atomic E-state index is 6.07. The van der Waals surface area contributed by atoms with Crippen molar-refractivity contribution < 1.29 is 0 Å². The number of hydrogen-bond donors (Lipinski definition) is 1. The molecule has 0 heterocycles. The molecule has 0 spiro atoms. The summed E-state index contributed by atoms with van der Waals surface area (Å²) >= 11 is 0. The molecule has 0 amide bonds. The van der Waals surface area contributed by atoms with Crippen LogP contribution in [0.2, 0.25) is 0 Å². The van der Waals surface area contributed by atoms with Crippen LogP contribution < -0.4 is 5.73 Å². The van der Waals surface area contributed by atoms with Crippen molar-refractivity contribution in [1.82, 2.24) is 0 Å². The monoisotopic (exact) mass is 169 g/mol. The van der Waals surface area contributed by atoms with E-state index in [1.54, 1.807) is 0 Å². The summed E-state index contributed by atoms with van der Waals surface area (Å²) in [6.07, 6.45) is 8.02. The first-order chi connectivity index (χ1) is 5.76. The van der Waals surface area contributed by atoms with E-state index in [0.717, 1.165) is 11.8 Å². The fourth-order valence-electron chi connectivity index (χ4n) is 1.93. The van der Waals surface area contributed by atoms with Gasteiger partial charge in [0.1, 0.15) is 0 Å². The van der Waals surface area contributed by atoms with E-state index in [4.69, 9.17) is 5.73 Å². The molecule has 0 aromatic carbocycles. The van der Waals surface area contributed by atoms with Gasteiger partial charge in [-0.25, -0.2) is 0 Å². The molecule has 1 heteroatoms. The maximum Gasteiger partial charge on any atom is 0.00441 e. The smallest absolute Gasteiger partial charge is 0.00441 e. The molecule has 0 bridgehead atoms. The molecule has 1 rings (SSSR count). The molecular formula is C11H23N. The van der Waals surface area contributed by atoms with Crippen molar-refractivity contribution in [3.8, 4) is 0 Å². The van der Waals surface area contributed by atoms with Crippen LogP contribution in [0.1, 0.15) is 52.4 Å². The summed E-state index contributed by atoms with van der Waals surface area (Å²) in [5.74, 6) is 1.87. The molecule has 0 saturated heterocycles. The first-order valence-electron chi connectivity index (χ1n) is 5.51. The minimum absolute atomic E-state index is 0.488. The van der Waals surface area contributed by atoms with Crippen LogP contribution in [0, 0.1) is 11.8 Å². The Balaban J connectivity index is 2.09. The van der Waals surface area contributed by atoms with Gasteiger partial charge < -0.3 is 5.73 Å². The Morgan fingerprint density at radius 3 is 2.25 bits per heavy atom. The summed E-state index contributed by atoms with van der Waals surface area (Å²) in [5.41, 5.74) is 6.07. The highest BCUT2D eigenvalue weighted by Gasteiger charge is 2.24. The highest BCUT2D eigenvalue weighted by molar-refractivity contribution is 4.79. The van der Waals surface area contributed by atoms with E-state index >= 15 is 0 Å². The second-order valence-electron chi connectivity index (χ2n) is 4.36. The van der Waals surface area contributed by atoms with Gasteiger partial charge in [0.15, 0.2) is 0 Å². The van der Waals surface area contributed by atoms with E-state index in [2.05, 4.69) is 13.8 Å². The van der Waals surface area contributed by atoms with Gasteiger partial charge in [-0.05, 0) is 24.7 Å². The van der Waals surface area contributed by atoms with Crippen LogP contribution in [0.5, 0.6) is 0 Å². The largest absolute Gasteiger partial charge is 0.328 e. The van der Waals surface area contributed by atoms with Crippen LogP contribution in [0.3, 0.4) is 0 Å². The Bertz CT molecular complexity index is 114. The quantitative estimate of drug-likeness (QED) is 0.650. The molecular weight excluding hydrogens is 146 g/mol. The lowest BCUT2D eigenvalue weighted by Crippen LogP contribution is -2.23. The van der Waals surface area contributed by atoms with Gasteiger partial charge in [-0.15, -0.1) is 0 Å². The van der Waals surface area contributed by atoms with E-state index in [1.807, 2.05) is 0 Å². The molecule has 0 aliphatic heterocycles. The third-order valence-electron chi connectivity index (χ3n) is 3.12. The predicted octanol–water partition coefficient (Wildman–Crippen LogP) is 2.94. The first-order valence-corrected chi connectivity index (χ1v) is 5.51. The van der Waals surface area contributed by atoms with E-state index in [1.165, 1.54) is 38.5 Å². The highest BCUT2D eigenvalue weighted by Crippen LogP contribution is 2.34. The molecule has 1 fully saturated rings. The maximum absolute atomic E-state index is 6.07. The van der Waals surface area contributed by atoms with Crippen LogP contribution in [-0.4, -0.2) is 6.04 Å². The summed E-state index contributed by atoms with van der Waals surface area (Å²) in [4.78, 5) is 0. The Morgan fingerprint density at radius 2 is 1.83 bits per heavy atom. The molecule has 1 unspecified atom stereocenters. The van der Waals surface area contributed by atoms with Crippen LogP contribution in [0.4, 0.5) is 0 Å². The van der Waals surface area contributed by atoms with Crippen LogP contribution in [0.15, 0.2) is 0 Å². The van der Waals surface area contributed by atoms with Gasteiger partial charge in [0.2, 0.25) is 0 Å². The van der Waals surface area contributed by atoms with E-state index in [9.17, 15) is 0 Å². The summed E-state index contributed by atoms with van der Waals surface area (Å²) in [6, 6.07) is 0.488. The average Bonchev–Trinajstić information content (AvgIpc) is 2.84.